The highest BCUT2D eigenvalue weighted by molar-refractivity contribution is 6.04. The average molecular weight is 259 g/mol. The van der Waals surface area contributed by atoms with E-state index >= 15 is 0 Å². The van der Waals surface area contributed by atoms with Gasteiger partial charge in [0.25, 0.3) is 11.5 Å². The van der Waals surface area contributed by atoms with E-state index in [0.29, 0.717) is 17.1 Å². The molecule has 4 N–H and O–H groups in total. The minimum absolute atomic E-state index is 0.0401. The second-order valence-electron chi connectivity index (χ2n) is 3.82. The van der Waals surface area contributed by atoms with Crippen molar-refractivity contribution in [2.24, 2.45) is 0 Å². The molecule has 0 aliphatic rings. The number of carbonyl (C=O) groups excluding carboxylic acids is 1. The Balaban J connectivity index is 2.25. The van der Waals surface area contributed by atoms with Crippen LogP contribution < -0.4 is 21.3 Å². The van der Waals surface area contributed by atoms with Gasteiger partial charge >= 0.3 is 0 Å². The maximum absolute atomic E-state index is 11.9. The third kappa shape index (κ3) is 2.74. The van der Waals surface area contributed by atoms with Crippen molar-refractivity contribution in [1.29, 1.82) is 0 Å². The number of nitrogen functional groups attached to an aromatic ring is 1. The molecule has 0 saturated carbocycles. The minimum atomic E-state index is -0.492. The van der Waals surface area contributed by atoms with Gasteiger partial charge in [-0.25, -0.2) is 0 Å². The van der Waals surface area contributed by atoms with E-state index in [9.17, 15) is 9.59 Å². The van der Waals surface area contributed by atoms with Crippen molar-refractivity contribution in [1.82, 2.24) is 4.98 Å². The Bertz CT molecular complexity index is 664. The molecule has 0 fully saturated rings. The molecule has 2 rings (SSSR count). The zero-order valence-corrected chi connectivity index (χ0v) is 10.3. The van der Waals surface area contributed by atoms with Crippen LogP contribution in [-0.4, -0.2) is 18.0 Å². The summed E-state index contributed by atoms with van der Waals surface area (Å²) in [5, 5.41) is 2.61. The van der Waals surface area contributed by atoms with Crippen LogP contribution in [0.5, 0.6) is 5.75 Å². The number of aromatic amines is 1. The first-order valence-corrected chi connectivity index (χ1v) is 5.54. The number of hydrogen-bond acceptors (Lipinski definition) is 4. The molecule has 0 unspecified atom stereocenters. The molecule has 0 aliphatic carbocycles. The van der Waals surface area contributed by atoms with E-state index in [1.54, 1.807) is 24.3 Å². The Morgan fingerprint density at radius 3 is 2.84 bits per heavy atom. The molecule has 0 atom stereocenters. The van der Waals surface area contributed by atoms with Crippen molar-refractivity contribution in [3.63, 3.8) is 0 Å². The summed E-state index contributed by atoms with van der Waals surface area (Å²) < 4.78 is 5.05. The molecule has 98 valence electrons. The molecule has 1 aromatic carbocycles. The van der Waals surface area contributed by atoms with Crippen molar-refractivity contribution in [3.8, 4) is 5.75 Å². The number of aromatic nitrogens is 1. The van der Waals surface area contributed by atoms with Gasteiger partial charge in [-0.3, -0.25) is 9.59 Å². The van der Waals surface area contributed by atoms with Crippen LogP contribution in [0.4, 0.5) is 11.4 Å². The molecule has 2 aromatic rings. The van der Waals surface area contributed by atoms with Gasteiger partial charge in [0.1, 0.15) is 11.3 Å². The van der Waals surface area contributed by atoms with Gasteiger partial charge in [-0.2, -0.15) is 0 Å². The maximum atomic E-state index is 11.9. The van der Waals surface area contributed by atoms with Crippen molar-refractivity contribution in [2.45, 2.75) is 0 Å². The lowest BCUT2D eigenvalue weighted by Crippen LogP contribution is -2.22. The molecule has 1 amide bonds. The number of nitrogens with one attached hydrogen (secondary N) is 2. The molecule has 19 heavy (non-hydrogen) atoms. The average Bonchev–Trinajstić information content (AvgIpc) is 2.41. The van der Waals surface area contributed by atoms with Crippen molar-refractivity contribution >= 4 is 17.3 Å². The smallest absolute Gasteiger partial charge is 0.261 e. The highest BCUT2D eigenvalue weighted by Crippen LogP contribution is 2.25. The topological polar surface area (TPSA) is 97.2 Å². The SMILES string of the molecule is COc1cc(NC(=O)c2ccc[nH]c2=O)ccc1N. The Hall–Kier alpha value is -2.76. The quantitative estimate of drug-likeness (QED) is 0.722. The summed E-state index contributed by atoms with van der Waals surface area (Å²) >= 11 is 0. The fourth-order valence-electron chi connectivity index (χ4n) is 1.59. The number of carbonyl (C=O) groups is 1. The van der Waals surface area contributed by atoms with Gasteiger partial charge in [-0.05, 0) is 24.3 Å². The predicted octanol–water partition coefficient (Wildman–Crippen LogP) is 1.22. The number of nitrogens with two attached hydrogens (primary N) is 1. The Morgan fingerprint density at radius 1 is 1.37 bits per heavy atom. The molecule has 0 bridgehead atoms. The van der Waals surface area contributed by atoms with Gasteiger partial charge in [0.05, 0.1) is 12.8 Å². The lowest BCUT2D eigenvalue weighted by atomic mass is 10.2. The number of ether oxygens (including phenoxy) is 1. The summed E-state index contributed by atoms with van der Waals surface area (Å²) in [5.74, 6) is -0.0338. The third-order valence-electron chi connectivity index (χ3n) is 2.55. The summed E-state index contributed by atoms with van der Waals surface area (Å²) in [4.78, 5) is 25.8. The standard InChI is InChI=1S/C13H13N3O3/c1-19-11-7-8(4-5-10(11)14)16-13(18)9-3-2-6-15-12(9)17/h2-7H,14H2,1H3,(H,15,17)(H,16,18). The largest absolute Gasteiger partial charge is 0.495 e. The van der Waals surface area contributed by atoms with E-state index < -0.39 is 11.5 Å². The van der Waals surface area contributed by atoms with Crippen molar-refractivity contribution in [2.75, 3.05) is 18.2 Å². The number of amides is 1. The Kier molecular flexibility index (Phi) is 3.51. The van der Waals surface area contributed by atoms with Crippen LogP contribution in [0, 0.1) is 0 Å². The molecule has 0 spiro atoms. The van der Waals surface area contributed by atoms with Gasteiger partial charge in [-0.1, -0.05) is 0 Å². The second-order valence-corrected chi connectivity index (χ2v) is 3.82. The first-order chi connectivity index (χ1) is 9.11. The van der Waals surface area contributed by atoms with Crippen LogP contribution in [0.1, 0.15) is 10.4 Å². The van der Waals surface area contributed by atoms with Crippen LogP contribution in [0.3, 0.4) is 0 Å². The third-order valence-corrected chi connectivity index (χ3v) is 2.55. The van der Waals surface area contributed by atoms with Gasteiger partial charge in [0.2, 0.25) is 0 Å². The molecule has 0 aliphatic heterocycles. The van der Waals surface area contributed by atoms with Crippen LogP contribution in [0.25, 0.3) is 0 Å². The first kappa shape index (κ1) is 12.7. The Morgan fingerprint density at radius 2 is 2.16 bits per heavy atom. The number of benzene rings is 1. The van der Waals surface area contributed by atoms with E-state index in [1.807, 2.05) is 0 Å². The summed E-state index contributed by atoms with van der Waals surface area (Å²) in [6.45, 7) is 0. The number of methoxy groups -OCH3 is 1. The molecular formula is C13H13N3O3. The van der Waals surface area contributed by atoms with Crippen LogP contribution in [0.15, 0.2) is 41.3 Å². The fraction of sp³-hybridized carbons (Fsp3) is 0.0769. The summed E-state index contributed by atoms with van der Waals surface area (Å²) in [7, 11) is 1.49. The lowest BCUT2D eigenvalue weighted by molar-refractivity contribution is 0.102. The van der Waals surface area contributed by atoms with E-state index in [1.165, 1.54) is 19.4 Å². The number of pyridine rings is 1. The van der Waals surface area contributed by atoms with E-state index in [-0.39, 0.29) is 5.56 Å². The van der Waals surface area contributed by atoms with Gasteiger partial charge in [0.15, 0.2) is 0 Å². The number of hydrogen-bond donors (Lipinski definition) is 3. The van der Waals surface area contributed by atoms with Crippen molar-refractivity contribution in [3.05, 3.63) is 52.4 Å². The predicted molar refractivity (Wildman–Crippen MR) is 72.4 cm³/mol. The molecule has 0 saturated heterocycles. The minimum Gasteiger partial charge on any atom is -0.495 e. The molecule has 1 aromatic heterocycles. The Labute approximate surface area is 109 Å². The molecule has 1 heterocycles. The van der Waals surface area contributed by atoms with Gasteiger partial charge < -0.3 is 20.8 Å². The van der Waals surface area contributed by atoms with Crippen molar-refractivity contribution < 1.29 is 9.53 Å². The van der Waals surface area contributed by atoms with Crippen LogP contribution in [0.2, 0.25) is 0 Å². The number of H-pyrrole nitrogens is 1. The second kappa shape index (κ2) is 5.26. The van der Waals surface area contributed by atoms with Crippen LogP contribution in [-0.2, 0) is 0 Å². The monoisotopic (exact) mass is 259 g/mol. The van der Waals surface area contributed by atoms with E-state index in [2.05, 4.69) is 10.3 Å². The summed E-state index contributed by atoms with van der Waals surface area (Å²) in [6.07, 6.45) is 1.46. The van der Waals surface area contributed by atoms with E-state index in [0.717, 1.165) is 0 Å². The lowest BCUT2D eigenvalue weighted by Gasteiger charge is -2.08. The van der Waals surface area contributed by atoms with Crippen LogP contribution >= 0.6 is 0 Å². The molecule has 0 radical (unpaired) electrons. The number of anilines is 2. The zero-order valence-electron chi connectivity index (χ0n) is 10.3. The zero-order chi connectivity index (χ0) is 13.8. The summed E-state index contributed by atoms with van der Waals surface area (Å²) in [6, 6.07) is 7.86. The number of rotatable bonds is 3. The summed E-state index contributed by atoms with van der Waals surface area (Å²) in [5.41, 5.74) is 6.24. The highest BCUT2D eigenvalue weighted by atomic mass is 16.5. The van der Waals surface area contributed by atoms with Gasteiger partial charge in [-0.15, -0.1) is 0 Å². The van der Waals surface area contributed by atoms with E-state index in [4.69, 9.17) is 10.5 Å². The highest BCUT2D eigenvalue weighted by Gasteiger charge is 2.10. The molecule has 6 nitrogen and oxygen atoms in total. The first-order valence-electron chi connectivity index (χ1n) is 5.54. The molecular weight excluding hydrogens is 246 g/mol. The maximum Gasteiger partial charge on any atom is 0.261 e. The molecule has 6 heteroatoms. The van der Waals surface area contributed by atoms with Gasteiger partial charge in [0, 0.05) is 18.0 Å². The normalized spacial score (nSPS) is 9.95. The fourth-order valence-corrected chi connectivity index (χ4v) is 1.59.